The molecule has 0 saturated carbocycles. The monoisotopic (exact) mass is 433 g/mol. The number of thiocarbonyl (C=S) groups is 1. The number of rotatable bonds is 6. The van der Waals surface area contributed by atoms with Gasteiger partial charge in [-0.25, -0.2) is 0 Å². The number of benzene rings is 1. The Morgan fingerprint density at radius 1 is 1.06 bits per heavy atom. The average molecular weight is 434 g/mol. The van der Waals surface area contributed by atoms with Crippen LogP contribution in [0.5, 0.6) is 0 Å². The maximum Gasteiger partial charge on any atom is 0.169 e. The maximum atomic E-state index is 5.61. The van der Waals surface area contributed by atoms with Crippen LogP contribution >= 0.6 is 12.2 Å². The highest BCUT2D eigenvalue weighted by Crippen LogP contribution is 2.40. The summed E-state index contributed by atoms with van der Waals surface area (Å²) in [6.07, 6.45) is 1.84. The van der Waals surface area contributed by atoms with Crippen LogP contribution in [0.4, 0.5) is 5.69 Å². The van der Waals surface area contributed by atoms with Gasteiger partial charge < -0.3 is 19.7 Å². The molecule has 0 amide bonds. The van der Waals surface area contributed by atoms with Crippen molar-refractivity contribution in [1.82, 2.24) is 19.8 Å². The minimum atomic E-state index is 0.0256. The van der Waals surface area contributed by atoms with Crippen molar-refractivity contribution >= 4 is 23.0 Å². The standard InChI is InChI=1S/C25H31N5S/c1-6-29(7-2)19-11-13-20(14-12-19)30-17(3)16-21(18(30)4)24-23(27-25(31)28(24)5)22-10-8-9-15-26-22/h8-16,23-24H,6-7H2,1-5H3,(H,27,31)/t23-,24-/m0/s1. The Kier molecular flexibility index (Phi) is 6.01. The zero-order chi connectivity index (χ0) is 22.1. The Balaban J connectivity index is 1.73. The topological polar surface area (TPSA) is 36.3 Å². The third-order valence-corrected chi connectivity index (χ3v) is 6.77. The molecular formula is C25H31N5S. The SMILES string of the molecule is CCN(CC)c1ccc(-n2c(C)cc([C@H]3[C@H](c4ccccn4)NC(=S)N3C)c2C)cc1. The van der Waals surface area contributed by atoms with E-state index in [2.05, 4.69) is 95.8 Å². The smallest absolute Gasteiger partial charge is 0.169 e. The van der Waals surface area contributed by atoms with Gasteiger partial charge in [0.15, 0.2) is 5.11 Å². The molecule has 1 fully saturated rings. The summed E-state index contributed by atoms with van der Waals surface area (Å²) in [5, 5.41) is 4.24. The van der Waals surface area contributed by atoms with Crippen LogP contribution in [-0.2, 0) is 0 Å². The molecular weight excluding hydrogens is 402 g/mol. The van der Waals surface area contributed by atoms with Gasteiger partial charge in [0.1, 0.15) is 0 Å². The first-order valence-corrected chi connectivity index (χ1v) is 11.4. The number of likely N-dealkylation sites (N-methyl/N-ethyl adjacent to an activating group) is 1. The Morgan fingerprint density at radius 2 is 1.77 bits per heavy atom. The van der Waals surface area contributed by atoms with Gasteiger partial charge >= 0.3 is 0 Å². The van der Waals surface area contributed by atoms with E-state index in [9.17, 15) is 0 Å². The summed E-state index contributed by atoms with van der Waals surface area (Å²) < 4.78 is 2.34. The number of hydrogen-bond acceptors (Lipinski definition) is 3. The van der Waals surface area contributed by atoms with Gasteiger partial charge in [-0.3, -0.25) is 4.98 Å². The molecule has 6 heteroatoms. The Labute approximate surface area is 190 Å². The molecule has 0 spiro atoms. The molecule has 0 radical (unpaired) electrons. The fourth-order valence-electron chi connectivity index (χ4n) is 4.73. The van der Waals surface area contributed by atoms with Crippen LogP contribution in [0.1, 0.15) is 48.6 Å². The lowest BCUT2D eigenvalue weighted by Crippen LogP contribution is -2.25. The van der Waals surface area contributed by atoms with Crippen molar-refractivity contribution < 1.29 is 0 Å². The largest absolute Gasteiger partial charge is 0.372 e. The van der Waals surface area contributed by atoms with E-state index in [0.717, 1.165) is 23.9 Å². The lowest BCUT2D eigenvalue weighted by molar-refractivity contribution is 0.367. The van der Waals surface area contributed by atoms with E-state index in [1.165, 1.54) is 28.3 Å². The number of pyridine rings is 1. The van der Waals surface area contributed by atoms with E-state index < -0.39 is 0 Å². The number of aryl methyl sites for hydroxylation is 1. The molecule has 1 aliphatic rings. The number of aromatic nitrogens is 2. The van der Waals surface area contributed by atoms with Gasteiger partial charge in [0.25, 0.3) is 0 Å². The fourth-order valence-corrected chi connectivity index (χ4v) is 4.97. The van der Waals surface area contributed by atoms with Crippen molar-refractivity contribution in [3.05, 3.63) is 77.4 Å². The molecule has 0 unspecified atom stereocenters. The first kappa shape index (κ1) is 21.4. The zero-order valence-corrected chi connectivity index (χ0v) is 19.8. The molecule has 5 nitrogen and oxygen atoms in total. The molecule has 31 heavy (non-hydrogen) atoms. The van der Waals surface area contributed by atoms with Crippen molar-refractivity contribution in [2.24, 2.45) is 0 Å². The van der Waals surface area contributed by atoms with E-state index in [0.29, 0.717) is 0 Å². The lowest BCUT2D eigenvalue weighted by atomic mass is 9.97. The number of nitrogens with one attached hydrogen (secondary N) is 1. The number of anilines is 1. The van der Waals surface area contributed by atoms with Crippen LogP contribution in [0.3, 0.4) is 0 Å². The van der Waals surface area contributed by atoms with Gasteiger partial charge in [0.05, 0.1) is 17.8 Å². The third-order valence-electron chi connectivity index (χ3n) is 6.36. The second-order valence-electron chi connectivity index (χ2n) is 8.09. The van der Waals surface area contributed by atoms with Gasteiger partial charge in [-0.2, -0.15) is 0 Å². The molecule has 2 atom stereocenters. The number of nitrogens with zero attached hydrogens (tertiary/aromatic N) is 4. The lowest BCUT2D eigenvalue weighted by Gasteiger charge is -2.25. The predicted molar refractivity (Wildman–Crippen MR) is 132 cm³/mol. The Morgan fingerprint density at radius 3 is 2.39 bits per heavy atom. The predicted octanol–water partition coefficient (Wildman–Crippen LogP) is 4.94. The second kappa shape index (κ2) is 8.71. The Hall–Kier alpha value is -2.86. The van der Waals surface area contributed by atoms with Gasteiger partial charge in [-0.1, -0.05) is 6.07 Å². The highest BCUT2D eigenvalue weighted by Gasteiger charge is 2.39. The van der Waals surface area contributed by atoms with Crippen LogP contribution in [0, 0.1) is 13.8 Å². The summed E-state index contributed by atoms with van der Waals surface area (Å²) in [4.78, 5) is 9.12. The highest BCUT2D eigenvalue weighted by atomic mass is 32.1. The Bertz CT molecular complexity index is 1050. The van der Waals surface area contributed by atoms with E-state index in [4.69, 9.17) is 12.2 Å². The molecule has 2 aromatic heterocycles. The van der Waals surface area contributed by atoms with Gasteiger partial charge in [0, 0.05) is 49.1 Å². The van der Waals surface area contributed by atoms with Crippen molar-refractivity contribution in [2.75, 3.05) is 25.0 Å². The van der Waals surface area contributed by atoms with E-state index in [1.54, 1.807) is 0 Å². The van der Waals surface area contributed by atoms with Crippen LogP contribution < -0.4 is 10.2 Å². The molecule has 162 valence electrons. The van der Waals surface area contributed by atoms with Crippen molar-refractivity contribution in [2.45, 2.75) is 39.8 Å². The van der Waals surface area contributed by atoms with Gasteiger partial charge in [0.2, 0.25) is 0 Å². The molecule has 3 heterocycles. The molecule has 1 saturated heterocycles. The molecule has 1 aliphatic heterocycles. The summed E-state index contributed by atoms with van der Waals surface area (Å²) >= 11 is 5.61. The maximum absolute atomic E-state index is 5.61. The van der Waals surface area contributed by atoms with E-state index in [-0.39, 0.29) is 12.1 Å². The van der Waals surface area contributed by atoms with Crippen LogP contribution in [0.2, 0.25) is 0 Å². The molecule has 0 aliphatic carbocycles. The van der Waals surface area contributed by atoms with Gasteiger partial charge in [-0.05, 0) is 87.9 Å². The van der Waals surface area contributed by atoms with Gasteiger partial charge in [-0.15, -0.1) is 0 Å². The van der Waals surface area contributed by atoms with E-state index in [1.807, 2.05) is 18.3 Å². The molecule has 0 bridgehead atoms. The second-order valence-corrected chi connectivity index (χ2v) is 8.47. The molecule has 3 aromatic rings. The molecule has 1 aromatic carbocycles. The van der Waals surface area contributed by atoms with Crippen LogP contribution in [0.15, 0.2) is 54.7 Å². The quantitative estimate of drug-likeness (QED) is 0.558. The van der Waals surface area contributed by atoms with Crippen LogP contribution in [-0.4, -0.2) is 39.7 Å². The first-order chi connectivity index (χ1) is 15.0. The minimum absolute atomic E-state index is 0.0256. The molecule has 1 N–H and O–H groups in total. The summed E-state index contributed by atoms with van der Waals surface area (Å²) in [7, 11) is 2.06. The summed E-state index contributed by atoms with van der Waals surface area (Å²) in [6.45, 7) is 10.8. The van der Waals surface area contributed by atoms with Crippen molar-refractivity contribution in [3.8, 4) is 5.69 Å². The minimum Gasteiger partial charge on any atom is -0.372 e. The van der Waals surface area contributed by atoms with Crippen molar-refractivity contribution in [1.29, 1.82) is 0 Å². The third kappa shape index (κ3) is 3.81. The number of hydrogen-bond donors (Lipinski definition) is 1. The summed E-state index contributed by atoms with van der Waals surface area (Å²) in [5.74, 6) is 0. The molecule has 4 rings (SSSR count). The summed E-state index contributed by atoms with van der Waals surface area (Å²) in [5.41, 5.74) is 7.18. The average Bonchev–Trinajstić information content (AvgIpc) is 3.24. The zero-order valence-electron chi connectivity index (χ0n) is 19.0. The van der Waals surface area contributed by atoms with Crippen LogP contribution in [0.25, 0.3) is 5.69 Å². The first-order valence-electron chi connectivity index (χ1n) is 10.9. The highest BCUT2D eigenvalue weighted by molar-refractivity contribution is 7.80. The van der Waals surface area contributed by atoms with Crippen molar-refractivity contribution in [3.63, 3.8) is 0 Å². The normalized spacial score (nSPS) is 18.4. The fraction of sp³-hybridized carbons (Fsp3) is 0.360. The van der Waals surface area contributed by atoms with E-state index >= 15 is 0 Å². The summed E-state index contributed by atoms with van der Waals surface area (Å²) in [6, 6.07) is 17.3.